The highest BCUT2D eigenvalue weighted by molar-refractivity contribution is 5.91. The minimum atomic E-state index is -0.358. The number of methoxy groups -OCH3 is 2. The number of rotatable bonds is 8. The van der Waals surface area contributed by atoms with Crippen LogP contribution in [-0.4, -0.2) is 39.3 Å². The lowest BCUT2D eigenvalue weighted by atomic mass is 10.3. The zero-order valence-corrected chi connectivity index (χ0v) is 15.5. The maximum Gasteiger partial charge on any atom is 0.319 e. The van der Waals surface area contributed by atoms with Gasteiger partial charge >= 0.3 is 6.03 Å². The van der Waals surface area contributed by atoms with E-state index in [0.29, 0.717) is 35.2 Å². The third kappa shape index (κ3) is 6.10. The predicted octanol–water partition coefficient (Wildman–Crippen LogP) is 2.86. The standard InChI is InChI=1S/C19H23N3O5/c1-13(23)21-14-7-9-15(10-8-14)22-19(24)20-11-12-27-17-6-4-5-16(25-2)18(17)26-3/h4-10H,11-12H2,1-3H3,(H,21,23)(H2,20,22,24). The molecule has 0 fully saturated rings. The summed E-state index contributed by atoms with van der Waals surface area (Å²) in [4.78, 5) is 22.9. The average Bonchev–Trinajstić information content (AvgIpc) is 2.66. The molecule has 0 aromatic heterocycles. The fourth-order valence-corrected chi connectivity index (χ4v) is 2.31. The number of ether oxygens (including phenoxy) is 3. The molecule has 0 radical (unpaired) electrons. The number of para-hydroxylation sites is 1. The Balaban J connectivity index is 1.77. The molecule has 0 spiro atoms. The van der Waals surface area contributed by atoms with E-state index >= 15 is 0 Å². The summed E-state index contributed by atoms with van der Waals surface area (Å²) in [6, 6.07) is 11.8. The van der Waals surface area contributed by atoms with Gasteiger partial charge in [0, 0.05) is 18.3 Å². The van der Waals surface area contributed by atoms with Gasteiger partial charge in [-0.05, 0) is 36.4 Å². The van der Waals surface area contributed by atoms with Crippen molar-refractivity contribution in [2.75, 3.05) is 38.0 Å². The SMILES string of the molecule is COc1cccc(OCCNC(=O)Nc2ccc(NC(C)=O)cc2)c1OC. The lowest BCUT2D eigenvalue weighted by molar-refractivity contribution is -0.114. The van der Waals surface area contributed by atoms with Crippen molar-refractivity contribution in [3.8, 4) is 17.2 Å². The number of hydrogen-bond donors (Lipinski definition) is 3. The minimum Gasteiger partial charge on any atom is -0.493 e. The van der Waals surface area contributed by atoms with E-state index in [1.807, 2.05) is 0 Å². The van der Waals surface area contributed by atoms with Crippen LogP contribution in [0.2, 0.25) is 0 Å². The zero-order valence-electron chi connectivity index (χ0n) is 15.5. The van der Waals surface area contributed by atoms with E-state index in [4.69, 9.17) is 14.2 Å². The number of anilines is 2. The molecule has 0 atom stereocenters. The number of carbonyl (C=O) groups is 2. The van der Waals surface area contributed by atoms with Crippen LogP contribution >= 0.6 is 0 Å². The molecular weight excluding hydrogens is 350 g/mol. The molecule has 8 nitrogen and oxygen atoms in total. The molecule has 27 heavy (non-hydrogen) atoms. The Bertz CT molecular complexity index is 777. The van der Waals surface area contributed by atoms with E-state index in [1.54, 1.807) is 49.6 Å². The van der Waals surface area contributed by atoms with E-state index in [1.165, 1.54) is 14.0 Å². The average molecular weight is 373 g/mol. The van der Waals surface area contributed by atoms with Gasteiger partial charge in [0.05, 0.1) is 20.8 Å². The molecule has 8 heteroatoms. The molecule has 0 aliphatic heterocycles. The van der Waals surface area contributed by atoms with Crippen LogP contribution in [0.25, 0.3) is 0 Å². The van der Waals surface area contributed by atoms with Gasteiger partial charge in [-0.2, -0.15) is 0 Å². The van der Waals surface area contributed by atoms with Gasteiger partial charge < -0.3 is 30.2 Å². The van der Waals surface area contributed by atoms with Gasteiger partial charge in [0.15, 0.2) is 11.5 Å². The Morgan fingerprint density at radius 1 is 0.889 bits per heavy atom. The predicted molar refractivity (Wildman–Crippen MR) is 103 cm³/mol. The molecule has 3 N–H and O–H groups in total. The normalized spacial score (nSPS) is 9.89. The van der Waals surface area contributed by atoms with Crippen molar-refractivity contribution in [1.29, 1.82) is 0 Å². The van der Waals surface area contributed by atoms with Crippen LogP contribution in [0.4, 0.5) is 16.2 Å². The Labute approximate surface area is 157 Å². The number of hydrogen-bond acceptors (Lipinski definition) is 5. The molecular formula is C19H23N3O5. The summed E-state index contributed by atoms with van der Waals surface area (Å²) in [6.07, 6.45) is 0. The van der Waals surface area contributed by atoms with Crippen molar-refractivity contribution in [2.24, 2.45) is 0 Å². The molecule has 2 rings (SSSR count). The molecule has 3 amide bonds. The fraction of sp³-hybridized carbons (Fsp3) is 0.263. The van der Waals surface area contributed by atoms with Gasteiger partial charge in [-0.25, -0.2) is 4.79 Å². The second-order valence-corrected chi connectivity index (χ2v) is 5.48. The summed E-state index contributed by atoms with van der Waals surface area (Å²) in [6.45, 7) is 2.00. The number of benzene rings is 2. The summed E-state index contributed by atoms with van der Waals surface area (Å²) < 4.78 is 16.1. The first-order chi connectivity index (χ1) is 13.0. The Hall–Kier alpha value is -3.42. The van der Waals surface area contributed by atoms with Crippen molar-refractivity contribution in [2.45, 2.75) is 6.92 Å². The zero-order chi connectivity index (χ0) is 19.6. The molecule has 2 aromatic rings. The first kappa shape index (κ1) is 19.9. The number of carbonyl (C=O) groups excluding carboxylic acids is 2. The first-order valence-electron chi connectivity index (χ1n) is 8.29. The van der Waals surface area contributed by atoms with Gasteiger partial charge in [0.1, 0.15) is 6.61 Å². The molecule has 144 valence electrons. The molecule has 0 saturated carbocycles. The number of amides is 3. The number of urea groups is 1. The molecule has 0 aliphatic carbocycles. The van der Waals surface area contributed by atoms with Gasteiger partial charge in [-0.15, -0.1) is 0 Å². The summed E-state index contributed by atoms with van der Waals surface area (Å²) in [7, 11) is 3.09. The lowest BCUT2D eigenvalue weighted by Gasteiger charge is -2.14. The number of nitrogens with one attached hydrogen (secondary N) is 3. The van der Waals surface area contributed by atoms with Crippen LogP contribution in [-0.2, 0) is 4.79 Å². The second kappa shape index (κ2) is 9.91. The molecule has 2 aromatic carbocycles. The Morgan fingerprint density at radius 3 is 2.11 bits per heavy atom. The second-order valence-electron chi connectivity index (χ2n) is 5.48. The van der Waals surface area contributed by atoms with Crippen LogP contribution in [0.1, 0.15) is 6.92 Å². The van der Waals surface area contributed by atoms with E-state index < -0.39 is 0 Å². The van der Waals surface area contributed by atoms with E-state index in [-0.39, 0.29) is 18.5 Å². The van der Waals surface area contributed by atoms with Crippen molar-refractivity contribution in [3.05, 3.63) is 42.5 Å². The molecule has 0 unspecified atom stereocenters. The van der Waals surface area contributed by atoms with E-state index in [0.717, 1.165) is 0 Å². The summed E-state index contributed by atoms with van der Waals surface area (Å²) in [5, 5.41) is 8.05. The van der Waals surface area contributed by atoms with Crippen molar-refractivity contribution in [3.63, 3.8) is 0 Å². The Kier molecular flexibility index (Phi) is 7.30. The van der Waals surface area contributed by atoms with Crippen molar-refractivity contribution < 1.29 is 23.8 Å². The van der Waals surface area contributed by atoms with E-state index in [2.05, 4.69) is 16.0 Å². The smallest absolute Gasteiger partial charge is 0.319 e. The van der Waals surface area contributed by atoms with Crippen LogP contribution in [0.5, 0.6) is 17.2 Å². The van der Waals surface area contributed by atoms with Gasteiger partial charge in [-0.3, -0.25) is 4.79 Å². The molecule has 0 bridgehead atoms. The lowest BCUT2D eigenvalue weighted by Crippen LogP contribution is -2.32. The molecule has 0 saturated heterocycles. The summed E-state index contributed by atoms with van der Waals surface area (Å²) in [5.74, 6) is 1.46. The maximum atomic E-state index is 11.9. The summed E-state index contributed by atoms with van der Waals surface area (Å²) in [5.41, 5.74) is 1.27. The van der Waals surface area contributed by atoms with Crippen LogP contribution in [0.15, 0.2) is 42.5 Å². The van der Waals surface area contributed by atoms with Crippen LogP contribution in [0, 0.1) is 0 Å². The van der Waals surface area contributed by atoms with Crippen molar-refractivity contribution >= 4 is 23.3 Å². The van der Waals surface area contributed by atoms with Crippen LogP contribution in [0.3, 0.4) is 0 Å². The minimum absolute atomic E-state index is 0.152. The van der Waals surface area contributed by atoms with Crippen molar-refractivity contribution in [1.82, 2.24) is 5.32 Å². The highest BCUT2D eigenvalue weighted by Gasteiger charge is 2.10. The van der Waals surface area contributed by atoms with E-state index in [9.17, 15) is 9.59 Å². The van der Waals surface area contributed by atoms with Gasteiger partial charge in [0.25, 0.3) is 0 Å². The van der Waals surface area contributed by atoms with Crippen LogP contribution < -0.4 is 30.2 Å². The third-order valence-corrected chi connectivity index (χ3v) is 3.48. The highest BCUT2D eigenvalue weighted by atomic mass is 16.5. The molecule has 0 aliphatic rings. The maximum absolute atomic E-state index is 11.9. The summed E-state index contributed by atoms with van der Waals surface area (Å²) >= 11 is 0. The largest absolute Gasteiger partial charge is 0.493 e. The van der Waals surface area contributed by atoms with Gasteiger partial charge in [0.2, 0.25) is 11.7 Å². The van der Waals surface area contributed by atoms with Gasteiger partial charge in [-0.1, -0.05) is 6.07 Å². The topological polar surface area (TPSA) is 97.9 Å². The highest BCUT2D eigenvalue weighted by Crippen LogP contribution is 2.36. The monoisotopic (exact) mass is 373 g/mol. The molecule has 0 heterocycles. The fourth-order valence-electron chi connectivity index (χ4n) is 2.31. The Morgan fingerprint density at radius 2 is 1.52 bits per heavy atom. The quantitative estimate of drug-likeness (QED) is 0.618. The third-order valence-electron chi connectivity index (χ3n) is 3.48. The first-order valence-corrected chi connectivity index (χ1v) is 8.29.